The van der Waals surface area contributed by atoms with E-state index in [1.54, 1.807) is 0 Å². The first-order valence-corrected chi connectivity index (χ1v) is 11.5. The van der Waals surface area contributed by atoms with Gasteiger partial charge < -0.3 is 10.6 Å². The third-order valence-electron chi connectivity index (χ3n) is 6.26. The molecule has 2 aliphatic rings. The van der Waals surface area contributed by atoms with E-state index in [0.29, 0.717) is 5.92 Å². The van der Waals surface area contributed by atoms with Gasteiger partial charge in [-0.15, -0.1) is 0 Å². The van der Waals surface area contributed by atoms with Crippen LogP contribution in [0.25, 0.3) is 0 Å². The highest BCUT2D eigenvalue weighted by Crippen LogP contribution is 2.46. The predicted molar refractivity (Wildman–Crippen MR) is 119 cm³/mol. The Labute approximate surface area is 196 Å². The molecule has 3 atom stereocenters. The lowest BCUT2D eigenvalue weighted by atomic mass is 9.73. The number of halogens is 6. The summed E-state index contributed by atoms with van der Waals surface area (Å²) in [6.07, 6.45) is -0.815. The topological polar surface area (TPSA) is 41.1 Å². The van der Waals surface area contributed by atoms with Crippen LogP contribution in [0.5, 0.6) is 0 Å². The van der Waals surface area contributed by atoms with Gasteiger partial charge in [0.2, 0.25) is 0 Å². The van der Waals surface area contributed by atoms with Gasteiger partial charge in [0.05, 0.1) is 27.2 Å². The third kappa shape index (κ3) is 4.47. The van der Waals surface area contributed by atoms with Crippen molar-refractivity contribution in [2.24, 2.45) is 5.92 Å². The molecule has 166 valence electrons. The molecule has 2 bridgehead atoms. The van der Waals surface area contributed by atoms with E-state index >= 15 is 0 Å². The fourth-order valence-electron chi connectivity index (χ4n) is 4.88. The second kappa shape index (κ2) is 8.58. The van der Waals surface area contributed by atoms with E-state index in [0.717, 1.165) is 54.4 Å². The summed E-state index contributed by atoms with van der Waals surface area (Å²) >= 11 is 15.6. The summed E-state index contributed by atoms with van der Waals surface area (Å²) in [4.78, 5) is 13.3. The highest BCUT2D eigenvalue weighted by Gasteiger charge is 2.48. The second-order valence-corrected chi connectivity index (χ2v) is 9.94. The van der Waals surface area contributed by atoms with Crippen LogP contribution in [-0.2, 0) is 6.18 Å². The molecular formula is C22H20BrCl2F3N2O. The molecule has 0 radical (unpaired) electrons. The van der Waals surface area contributed by atoms with Crippen molar-refractivity contribution in [3.8, 4) is 0 Å². The highest BCUT2D eigenvalue weighted by molar-refractivity contribution is 9.10. The maximum Gasteiger partial charge on any atom is 0.417 e. The molecule has 2 N–H and O–H groups in total. The predicted octanol–water partition coefficient (Wildman–Crippen LogP) is 6.78. The van der Waals surface area contributed by atoms with Crippen molar-refractivity contribution in [2.45, 2.75) is 43.4 Å². The zero-order valence-electron chi connectivity index (χ0n) is 16.3. The molecule has 9 heteroatoms. The number of hydrogen-bond donors (Lipinski definition) is 2. The van der Waals surface area contributed by atoms with Gasteiger partial charge in [0.15, 0.2) is 0 Å². The molecule has 1 aliphatic carbocycles. The number of alkyl halides is 3. The smallest absolute Gasteiger partial charge is 0.343 e. The summed E-state index contributed by atoms with van der Waals surface area (Å²) in [5.41, 5.74) is -0.963. The van der Waals surface area contributed by atoms with Crippen molar-refractivity contribution in [3.05, 3.63) is 67.6 Å². The van der Waals surface area contributed by atoms with Gasteiger partial charge in [-0.2, -0.15) is 13.2 Å². The van der Waals surface area contributed by atoms with Crippen molar-refractivity contribution in [1.29, 1.82) is 0 Å². The molecule has 1 amide bonds. The zero-order chi connectivity index (χ0) is 22.4. The Balaban J connectivity index is 1.74. The van der Waals surface area contributed by atoms with Crippen molar-refractivity contribution in [3.63, 3.8) is 0 Å². The van der Waals surface area contributed by atoms with E-state index in [4.69, 9.17) is 23.2 Å². The summed E-state index contributed by atoms with van der Waals surface area (Å²) in [5.74, 6) is -0.211. The summed E-state index contributed by atoms with van der Waals surface area (Å²) < 4.78 is 40.8. The monoisotopic (exact) mass is 534 g/mol. The molecule has 1 saturated carbocycles. The lowest BCUT2D eigenvalue weighted by Crippen LogP contribution is -2.52. The molecule has 1 saturated heterocycles. The molecule has 0 spiro atoms. The van der Waals surface area contributed by atoms with Gasteiger partial charge in [-0.25, -0.2) is 0 Å². The number of carbonyl (C=O) groups excluding carboxylic acids is 1. The summed E-state index contributed by atoms with van der Waals surface area (Å²) in [6, 6.07) is 8.96. The molecule has 1 aliphatic heterocycles. The number of hydrogen-bond acceptors (Lipinski definition) is 2. The van der Waals surface area contributed by atoms with Crippen molar-refractivity contribution in [1.82, 2.24) is 10.6 Å². The third-order valence-corrected chi connectivity index (χ3v) is 7.47. The lowest BCUT2D eigenvalue weighted by Gasteiger charge is -2.41. The Morgan fingerprint density at radius 1 is 1.26 bits per heavy atom. The van der Waals surface area contributed by atoms with E-state index in [9.17, 15) is 18.0 Å². The number of benzene rings is 2. The fourth-order valence-corrected chi connectivity index (χ4v) is 5.95. The van der Waals surface area contributed by atoms with Gasteiger partial charge in [0.25, 0.3) is 5.91 Å². The first-order chi connectivity index (χ1) is 14.6. The molecule has 3 unspecified atom stereocenters. The van der Waals surface area contributed by atoms with Crippen LogP contribution in [0, 0.1) is 5.92 Å². The molecule has 1 heterocycles. The normalized spacial score (nSPS) is 24.1. The molecule has 2 aromatic rings. The van der Waals surface area contributed by atoms with Crippen LogP contribution in [0.2, 0.25) is 10.0 Å². The van der Waals surface area contributed by atoms with E-state index in [1.165, 1.54) is 0 Å². The summed E-state index contributed by atoms with van der Waals surface area (Å²) in [6.45, 7) is 0.853. The minimum absolute atomic E-state index is 0.123. The first kappa shape index (κ1) is 22.9. The number of carbonyl (C=O) groups is 1. The Morgan fingerprint density at radius 2 is 2.03 bits per heavy atom. The Hall–Kier alpha value is -1.28. The zero-order valence-corrected chi connectivity index (χ0v) is 19.4. The van der Waals surface area contributed by atoms with Crippen LogP contribution in [0.15, 0.2) is 40.9 Å². The van der Waals surface area contributed by atoms with Crippen molar-refractivity contribution < 1.29 is 18.0 Å². The number of nitrogens with one attached hydrogen (secondary N) is 2. The summed E-state index contributed by atoms with van der Waals surface area (Å²) in [5, 5.41) is 5.75. The Morgan fingerprint density at radius 3 is 2.74 bits per heavy atom. The number of rotatable bonds is 4. The lowest BCUT2D eigenvalue weighted by molar-refractivity contribution is -0.137. The van der Waals surface area contributed by atoms with Crippen LogP contribution >= 0.6 is 39.1 Å². The minimum atomic E-state index is -4.69. The second-order valence-electron chi connectivity index (χ2n) is 8.24. The standard InChI is InChI=1S/C22H20BrCl2F3N2O/c23-14-5-1-4-13(9-14)19(21-8-2-3-12(10-21)11-29-21)30-20(31)17-16(24)7-6-15(18(17)25)22(26,27)28/h1,4-7,9,12,19,29H,2-3,8,10-11H2,(H,30,31). The Bertz CT molecular complexity index is 1010. The first-order valence-electron chi connectivity index (χ1n) is 9.97. The van der Waals surface area contributed by atoms with Gasteiger partial charge in [-0.05, 0) is 61.6 Å². The van der Waals surface area contributed by atoms with E-state index in [2.05, 4.69) is 26.6 Å². The van der Waals surface area contributed by atoms with Gasteiger partial charge in [0, 0.05) is 10.0 Å². The minimum Gasteiger partial charge on any atom is -0.343 e. The van der Waals surface area contributed by atoms with Crippen LogP contribution in [0.3, 0.4) is 0 Å². The van der Waals surface area contributed by atoms with Crippen molar-refractivity contribution in [2.75, 3.05) is 6.54 Å². The SMILES string of the molecule is O=C(NC(c1cccc(Br)c1)C12CCCC(CN1)C2)c1c(Cl)ccc(C(F)(F)F)c1Cl. The van der Waals surface area contributed by atoms with Crippen LogP contribution in [-0.4, -0.2) is 18.0 Å². The highest BCUT2D eigenvalue weighted by atomic mass is 79.9. The van der Waals surface area contributed by atoms with Crippen molar-refractivity contribution >= 4 is 45.0 Å². The van der Waals surface area contributed by atoms with Gasteiger partial charge >= 0.3 is 6.18 Å². The number of amides is 1. The maximum absolute atomic E-state index is 13.3. The van der Waals surface area contributed by atoms with Crippen LogP contribution in [0.1, 0.15) is 53.2 Å². The molecule has 31 heavy (non-hydrogen) atoms. The van der Waals surface area contributed by atoms with E-state index in [-0.39, 0.29) is 16.1 Å². The van der Waals surface area contributed by atoms with Gasteiger partial charge in [-0.1, -0.05) is 57.7 Å². The molecule has 2 aromatic carbocycles. The molecule has 2 fully saturated rings. The van der Waals surface area contributed by atoms with E-state index < -0.39 is 28.7 Å². The average Bonchev–Trinajstić information content (AvgIpc) is 2.99. The maximum atomic E-state index is 13.3. The molecular weight excluding hydrogens is 516 g/mol. The molecule has 4 rings (SSSR count). The van der Waals surface area contributed by atoms with Gasteiger partial charge in [0.1, 0.15) is 0 Å². The van der Waals surface area contributed by atoms with Crippen LogP contribution < -0.4 is 10.6 Å². The molecule has 0 aromatic heterocycles. The van der Waals surface area contributed by atoms with Crippen LogP contribution in [0.4, 0.5) is 13.2 Å². The van der Waals surface area contributed by atoms with Gasteiger partial charge in [-0.3, -0.25) is 4.79 Å². The fraction of sp³-hybridized carbons (Fsp3) is 0.409. The quantitative estimate of drug-likeness (QED) is 0.453. The molecule has 3 nitrogen and oxygen atoms in total. The van der Waals surface area contributed by atoms with E-state index in [1.807, 2.05) is 24.3 Å². The number of fused-ring (bicyclic) bond motifs is 2. The summed E-state index contributed by atoms with van der Waals surface area (Å²) in [7, 11) is 0. The Kier molecular flexibility index (Phi) is 6.34. The average molecular weight is 536 g/mol. The largest absolute Gasteiger partial charge is 0.417 e.